The normalized spacial score (nSPS) is 10.6. The van der Waals surface area contributed by atoms with Crippen LogP contribution in [-0.4, -0.2) is 6.10 Å². The maximum Gasteiger partial charge on any atom is 0.149 e. The van der Waals surface area contributed by atoms with Gasteiger partial charge in [-0.05, 0) is 38.1 Å². The molecule has 2 aromatic carbocycles. The van der Waals surface area contributed by atoms with Crippen LogP contribution < -0.4 is 10.1 Å². The molecule has 2 rings (SSSR count). The number of para-hydroxylation sites is 2. The SMILES string of the molecule is CC(C)Oc1ccccc1Nc1ccc(F)cc1F. The zero-order chi connectivity index (χ0) is 13.8. The van der Waals surface area contributed by atoms with E-state index >= 15 is 0 Å². The minimum absolute atomic E-state index is 0.0148. The molecule has 1 N–H and O–H groups in total. The van der Waals surface area contributed by atoms with Gasteiger partial charge in [-0.15, -0.1) is 0 Å². The van der Waals surface area contributed by atoms with E-state index < -0.39 is 11.6 Å². The maximum absolute atomic E-state index is 13.6. The van der Waals surface area contributed by atoms with Crippen molar-refractivity contribution >= 4 is 11.4 Å². The van der Waals surface area contributed by atoms with E-state index in [0.29, 0.717) is 11.4 Å². The first kappa shape index (κ1) is 13.3. The topological polar surface area (TPSA) is 21.3 Å². The molecule has 2 aromatic rings. The number of benzene rings is 2. The van der Waals surface area contributed by atoms with Crippen molar-refractivity contribution in [3.63, 3.8) is 0 Å². The van der Waals surface area contributed by atoms with Crippen molar-refractivity contribution in [2.75, 3.05) is 5.32 Å². The van der Waals surface area contributed by atoms with Crippen molar-refractivity contribution < 1.29 is 13.5 Å². The predicted molar refractivity (Wildman–Crippen MR) is 71.8 cm³/mol. The first-order chi connectivity index (χ1) is 9.06. The first-order valence-electron chi connectivity index (χ1n) is 6.04. The van der Waals surface area contributed by atoms with E-state index in [1.54, 1.807) is 12.1 Å². The number of ether oxygens (including phenoxy) is 1. The van der Waals surface area contributed by atoms with Crippen molar-refractivity contribution in [3.8, 4) is 5.75 Å². The Labute approximate surface area is 111 Å². The molecule has 0 amide bonds. The monoisotopic (exact) mass is 263 g/mol. The van der Waals surface area contributed by atoms with E-state index in [9.17, 15) is 8.78 Å². The van der Waals surface area contributed by atoms with Gasteiger partial charge in [-0.25, -0.2) is 8.78 Å². The van der Waals surface area contributed by atoms with Gasteiger partial charge in [-0.3, -0.25) is 0 Å². The fraction of sp³-hybridized carbons (Fsp3) is 0.200. The van der Waals surface area contributed by atoms with Gasteiger partial charge in [0, 0.05) is 6.07 Å². The maximum atomic E-state index is 13.6. The van der Waals surface area contributed by atoms with Crippen molar-refractivity contribution in [2.24, 2.45) is 0 Å². The van der Waals surface area contributed by atoms with Gasteiger partial charge in [-0.1, -0.05) is 12.1 Å². The number of anilines is 2. The van der Waals surface area contributed by atoms with Gasteiger partial charge in [0.1, 0.15) is 17.4 Å². The Morgan fingerprint density at radius 2 is 1.74 bits per heavy atom. The largest absolute Gasteiger partial charge is 0.489 e. The third-order valence-electron chi connectivity index (χ3n) is 2.45. The van der Waals surface area contributed by atoms with Crippen LogP contribution in [-0.2, 0) is 0 Å². The van der Waals surface area contributed by atoms with E-state index in [-0.39, 0.29) is 11.8 Å². The van der Waals surface area contributed by atoms with Gasteiger partial charge in [-0.2, -0.15) is 0 Å². The number of hydrogen-bond donors (Lipinski definition) is 1. The number of halogens is 2. The molecule has 0 aliphatic rings. The van der Waals surface area contributed by atoms with Crippen LogP contribution in [0.5, 0.6) is 5.75 Å². The molecule has 0 bridgehead atoms. The molecule has 0 aliphatic heterocycles. The molecule has 0 radical (unpaired) electrons. The minimum atomic E-state index is -0.639. The summed E-state index contributed by atoms with van der Waals surface area (Å²) in [7, 11) is 0. The summed E-state index contributed by atoms with van der Waals surface area (Å²) in [6.07, 6.45) is 0.0148. The standard InChI is InChI=1S/C15H15F2NO/c1-10(2)19-15-6-4-3-5-14(15)18-13-8-7-11(16)9-12(13)17/h3-10,18H,1-2H3. The molecule has 2 nitrogen and oxygen atoms in total. The number of hydrogen-bond acceptors (Lipinski definition) is 2. The molecule has 19 heavy (non-hydrogen) atoms. The summed E-state index contributed by atoms with van der Waals surface area (Å²) in [6, 6.07) is 10.6. The molecule has 0 saturated carbocycles. The van der Waals surface area contributed by atoms with E-state index in [0.717, 1.165) is 6.07 Å². The second-order valence-corrected chi connectivity index (χ2v) is 4.41. The molecule has 4 heteroatoms. The Kier molecular flexibility index (Phi) is 4.00. The van der Waals surface area contributed by atoms with Crippen LogP contribution in [0.1, 0.15) is 13.8 Å². The van der Waals surface area contributed by atoms with Crippen LogP contribution in [0.4, 0.5) is 20.2 Å². The van der Waals surface area contributed by atoms with Crippen LogP contribution >= 0.6 is 0 Å². The highest BCUT2D eigenvalue weighted by molar-refractivity contribution is 5.66. The van der Waals surface area contributed by atoms with E-state index in [1.165, 1.54) is 12.1 Å². The quantitative estimate of drug-likeness (QED) is 0.877. The molecule has 0 spiro atoms. The van der Waals surface area contributed by atoms with Gasteiger partial charge in [0.05, 0.1) is 17.5 Å². The lowest BCUT2D eigenvalue weighted by molar-refractivity contribution is 0.244. The fourth-order valence-corrected chi connectivity index (χ4v) is 1.66. The summed E-state index contributed by atoms with van der Waals surface area (Å²) >= 11 is 0. The summed E-state index contributed by atoms with van der Waals surface area (Å²) in [5.41, 5.74) is 0.850. The lowest BCUT2D eigenvalue weighted by Gasteiger charge is -2.15. The summed E-state index contributed by atoms with van der Waals surface area (Å²) in [5, 5.41) is 2.91. The van der Waals surface area contributed by atoms with Crippen LogP contribution in [0.2, 0.25) is 0 Å². The molecule has 0 heterocycles. The molecular weight excluding hydrogens is 248 g/mol. The summed E-state index contributed by atoms with van der Waals surface area (Å²) in [4.78, 5) is 0. The highest BCUT2D eigenvalue weighted by Crippen LogP contribution is 2.29. The highest BCUT2D eigenvalue weighted by Gasteiger charge is 2.08. The number of nitrogens with one attached hydrogen (secondary N) is 1. The van der Waals surface area contributed by atoms with Crippen molar-refractivity contribution in [1.29, 1.82) is 0 Å². The van der Waals surface area contributed by atoms with Crippen LogP contribution in [0, 0.1) is 11.6 Å². The van der Waals surface area contributed by atoms with Crippen LogP contribution in [0.3, 0.4) is 0 Å². The Morgan fingerprint density at radius 3 is 2.42 bits per heavy atom. The lowest BCUT2D eigenvalue weighted by atomic mass is 10.2. The highest BCUT2D eigenvalue weighted by atomic mass is 19.1. The Balaban J connectivity index is 2.27. The minimum Gasteiger partial charge on any atom is -0.489 e. The number of rotatable bonds is 4. The third kappa shape index (κ3) is 3.44. The second-order valence-electron chi connectivity index (χ2n) is 4.41. The zero-order valence-electron chi connectivity index (χ0n) is 10.8. The van der Waals surface area contributed by atoms with E-state index in [4.69, 9.17) is 4.74 Å². The molecule has 0 atom stereocenters. The van der Waals surface area contributed by atoms with Crippen molar-refractivity contribution in [1.82, 2.24) is 0 Å². The average molecular weight is 263 g/mol. The van der Waals surface area contributed by atoms with Gasteiger partial charge in [0.15, 0.2) is 0 Å². The fourth-order valence-electron chi connectivity index (χ4n) is 1.66. The second kappa shape index (κ2) is 5.69. The van der Waals surface area contributed by atoms with Gasteiger partial charge in [0.2, 0.25) is 0 Å². The molecule has 0 saturated heterocycles. The summed E-state index contributed by atoms with van der Waals surface area (Å²) in [5.74, 6) is -0.615. The van der Waals surface area contributed by atoms with Gasteiger partial charge >= 0.3 is 0 Å². The van der Waals surface area contributed by atoms with Crippen molar-refractivity contribution in [3.05, 3.63) is 54.1 Å². The zero-order valence-corrected chi connectivity index (χ0v) is 10.8. The van der Waals surface area contributed by atoms with Crippen LogP contribution in [0.25, 0.3) is 0 Å². The Morgan fingerprint density at radius 1 is 1.00 bits per heavy atom. The predicted octanol–water partition coefficient (Wildman–Crippen LogP) is 4.50. The smallest absolute Gasteiger partial charge is 0.149 e. The molecule has 0 unspecified atom stereocenters. The molecule has 0 fully saturated rings. The van der Waals surface area contributed by atoms with Crippen LogP contribution in [0.15, 0.2) is 42.5 Å². The Hall–Kier alpha value is -2.10. The molecule has 0 aliphatic carbocycles. The van der Waals surface area contributed by atoms with Gasteiger partial charge < -0.3 is 10.1 Å². The van der Waals surface area contributed by atoms with Gasteiger partial charge in [0.25, 0.3) is 0 Å². The van der Waals surface area contributed by atoms with E-state index in [1.807, 2.05) is 26.0 Å². The third-order valence-corrected chi connectivity index (χ3v) is 2.45. The average Bonchev–Trinajstić information content (AvgIpc) is 2.34. The molecule has 0 aromatic heterocycles. The Bertz CT molecular complexity index is 570. The summed E-state index contributed by atoms with van der Waals surface area (Å²) in [6.45, 7) is 3.82. The molecular formula is C15H15F2NO. The van der Waals surface area contributed by atoms with Crippen molar-refractivity contribution in [2.45, 2.75) is 20.0 Å². The summed E-state index contributed by atoms with van der Waals surface area (Å²) < 4.78 is 32.1. The lowest BCUT2D eigenvalue weighted by Crippen LogP contribution is -2.07. The first-order valence-corrected chi connectivity index (χ1v) is 6.04. The van der Waals surface area contributed by atoms with E-state index in [2.05, 4.69) is 5.32 Å². The molecule has 100 valence electrons.